The third kappa shape index (κ3) is 4.92. The summed E-state index contributed by atoms with van der Waals surface area (Å²) in [7, 11) is 0. The van der Waals surface area contributed by atoms with E-state index < -0.39 is 24.2 Å². The average Bonchev–Trinajstić information content (AvgIpc) is 3.38. The first kappa shape index (κ1) is 23.8. The maximum Gasteiger partial charge on any atom is 0.407 e. The van der Waals surface area contributed by atoms with Gasteiger partial charge in [-0.05, 0) is 35.1 Å². The first-order valence-corrected chi connectivity index (χ1v) is 11.7. The molecule has 0 bridgehead atoms. The number of rotatable bonds is 8. The topological polar surface area (TPSA) is 116 Å². The summed E-state index contributed by atoms with van der Waals surface area (Å²) in [5, 5.41) is 21.9. The van der Waals surface area contributed by atoms with Crippen molar-refractivity contribution in [2.45, 2.75) is 56.7 Å². The molecule has 2 amide bonds. The number of carboxylic acid groups (broad SMARTS) is 1. The Kier molecular flexibility index (Phi) is 7.17. The number of amides is 2. The van der Waals surface area contributed by atoms with Crippen molar-refractivity contribution in [1.82, 2.24) is 10.2 Å². The molecule has 0 aromatic heterocycles. The maximum absolute atomic E-state index is 12.6. The molecule has 2 aromatic rings. The molecule has 1 aliphatic heterocycles. The van der Waals surface area contributed by atoms with Crippen molar-refractivity contribution in [2.75, 3.05) is 13.2 Å². The summed E-state index contributed by atoms with van der Waals surface area (Å²) < 4.78 is 5.59. The van der Waals surface area contributed by atoms with Gasteiger partial charge in [-0.3, -0.25) is 4.79 Å². The van der Waals surface area contributed by atoms with Gasteiger partial charge >= 0.3 is 12.1 Å². The van der Waals surface area contributed by atoms with Gasteiger partial charge in [0.1, 0.15) is 12.6 Å². The highest BCUT2D eigenvalue weighted by atomic mass is 16.5. The van der Waals surface area contributed by atoms with Gasteiger partial charge in [-0.25, -0.2) is 9.59 Å². The summed E-state index contributed by atoms with van der Waals surface area (Å²) in [6.45, 7) is 2.13. The smallest absolute Gasteiger partial charge is 0.407 e. The average molecular weight is 467 g/mol. The van der Waals surface area contributed by atoms with Crippen molar-refractivity contribution in [3.8, 4) is 11.1 Å². The number of benzene rings is 2. The zero-order valence-corrected chi connectivity index (χ0v) is 19.1. The van der Waals surface area contributed by atoms with Gasteiger partial charge in [-0.1, -0.05) is 55.5 Å². The lowest BCUT2D eigenvalue weighted by molar-refractivity contribution is -0.148. The Labute approximate surface area is 198 Å². The summed E-state index contributed by atoms with van der Waals surface area (Å²) in [6.07, 6.45) is -0.289. The zero-order valence-electron chi connectivity index (χ0n) is 19.1. The minimum absolute atomic E-state index is 0.0202. The lowest BCUT2D eigenvalue weighted by Crippen LogP contribution is -2.42. The van der Waals surface area contributed by atoms with Gasteiger partial charge in [0.25, 0.3) is 0 Å². The molecule has 3 N–H and O–H groups in total. The van der Waals surface area contributed by atoms with E-state index in [1.54, 1.807) is 0 Å². The fraction of sp³-hybridized carbons (Fsp3) is 0.423. The first-order valence-electron chi connectivity index (χ1n) is 11.7. The number of nitrogens with zero attached hydrogens (tertiary/aromatic N) is 1. The number of aliphatic carboxylic acids is 1. The summed E-state index contributed by atoms with van der Waals surface area (Å²) in [6, 6.07) is 14.9. The van der Waals surface area contributed by atoms with Crippen LogP contribution < -0.4 is 5.32 Å². The second-order valence-electron chi connectivity index (χ2n) is 8.90. The molecule has 180 valence electrons. The van der Waals surface area contributed by atoms with Crippen LogP contribution in [0.2, 0.25) is 0 Å². The van der Waals surface area contributed by atoms with Crippen LogP contribution in [0.15, 0.2) is 48.5 Å². The summed E-state index contributed by atoms with van der Waals surface area (Å²) >= 11 is 0. The Morgan fingerprint density at radius 3 is 2.29 bits per heavy atom. The maximum atomic E-state index is 12.6. The van der Waals surface area contributed by atoms with Gasteiger partial charge < -0.3 is 25.2 Å². The van der Waals surface area contributed by atoms with Gasteiger partial charge in [0.05, 0.1) is 6.10 Å². The third-order valence-corrected chi connectivity index (χ3v) is 6.75. The third-order valence-electron chi connectivity index (χ3n) is 6.75. The molecular weight excluding hydrogens is 436 g/mol. The molecule has 8 heteroatoms. The molecule has 1 unspecified atom stereocenters. The number of ether oxygens (including phenoxy) is 1. The van der Waals surface area contributed by atoms with Crippen LogP contribution in [0.25, 0.3) is 11.1 Å². The predicted octanol–water partition coefficient (Wildman–Crippen LogP) is 3.13. The van der Waals surface area contributed by atoms with Crippen LogP contribution in [0, 0.1) is 0 Å². The first-order chi connectivity index (χ1) is 16.4. The second-order valence-corrected chi connectivity index (χ2v) is 8.90. The van der Waals surface area contributed by atoms with Crippen LogP contribution in [0.1, 0.15) is 49.7 Å². The molecule has 2 aliphatic rings. The molecule has 0 radical (unpaired) electrons. The van der Waals surface area contributed by atoms with Gasteiger partial charge in [0, 0.05) is 31.3 Å². The van der Waals surface area contributed by atoms with E-state index in [4.69, 9.17) is 4.74 Å². The Balaban J connectivity index is 1.30. The number of hydrogen-bond donors (Lipinski definition) is 3. The number of aliphatic hydroxyl groups excluding tert-OH is 1. The number of carboxylic acids is 1. The van der Waals surface area contributed by atoms with Gasteiger partial charge in [0.15, 0.2) is 0 Å². The van der Waals surface area contributed by atoms with E-state index in [0.29, 0.717) is 12.8 Å². The molecule has 0 saturated carbocycles. The fourth-order valence-electron chi connectivity index (χ4n) is 4.95. The van der Waals surface area contributed by atoms with E-state index in [1.165, 1.54) is 4.90 Å². The molecule has 3 atom stereocenters. The molecule has 1 aliphatic carbocycles. The Morgan fingerprint density at radius 2 is 1.71 bits per heavy atom. The number of fused-ring (bicyclic) bond motifs is 3. The number of aliphatic hydroxyl groups is 1. The van der Waals surface area contributed by atoms with Crippen LogP contribution >= 0.6 is 0 Å². The minimum Gasteiger partial charge on any atom is -0.480 e. The Hall–Kier alpha value is -3.39. The minimum atomic E-state index is -1.12. The number of nitrogens with one attached hydrogen (secondary N) is 1. The molecule has 1 fully saturated rings. The van der Waals surface area contributed by atoms with Crippen LogP contribution in [-0.2, 0) is 14.3 Å². The lowest BCUT2D eigenvalue weighted by atomic mass is 9.98. The van der Waals surface area contributed by atoms with E-state index in [-0.39, 0.29) is 43.9 Å². The van der Waals surface area contributed by atoms with Crippen LogP contribution in [-0.4, -0.2) is 64.4 Å². The second kappa shape index (κ2) is 10.3. The fourth-order valence-corrected chi connectivity index (χ4v) is 4.95. The Morgan fingerprint density at radius 1 is 1.09 bits per heavy atom. The predicted molar refractivity (Wildman–Crippen MR) is 125 cm³/mol. The number of likely N-dealkylation sites (tertiary alicyclic amines) is 1. The number of β-amino-alcohol motifs (C(OH)–C–C–N with tert-alkyl or cyclic N) is 1. The number of hydrogen-bond acceptors (Lipinski definition) is 5. The van der Waals surface area contributed by atoms with Crippen LogP contribution in [0.5, 0.6) is 0 Å². The SMILES string of the molecule is CCC(CCC(=O)N1C[C@H](O)C[C@H]1C(=O)O)NC(=O)OCC1c2ccccc2-c2ccccc21. The Bertz CT molecular complexity index is 1030. The molecule has 8 nitrogen and oxygen atoms in total. The number of carbonyl (C=O) groups excluding carboxylic acids is 2. The standard InChI is InChI=1S/C26H30N2O6/c1-2-16(11-12-24(30)28-14-17(29)13-23(28)25(31)32)27-26(33)34-15-22-20-9-5-3-7-18(20)19-8-4-6-10-21(19)22/h3-10,16-17,22-23,29H,2,11-15H2,1H3,(H,27,33)(H,31,32)/t16?,17-,23+/m1/s1. The van der Waals surface area contributed by atoms with E-state index in [2.05, 4.69) is 29.6 Å². The highest BCUT2D eigenvalue weighted by Gasteiger charge is 2.38. The quantitative estimate of drug-likeness (QED) is 0.551. The largest absolute Gasteiger partial charge is 0.480 e. The van der Waals surface area contributed by atoms with Crippen molar-refractivity contribution < 1.29 is 29.3 Å². The van der Waals surface area contributed by atoms with Gasteiger partial charge in [0.2, 0.25) is 5.91 Å². The van der Waals surface area contributed by atoms with Crippen molar-refractivity contribution in [3.05, 3.63) is 59.7 Å². The van der Waals surface area contributed by atoms with Crippen molar-refractivity contribution >= 4 is 18.0 Å². The molecule has 34 heavy (non-hydrogen) atoms. The van der Waals surface area contributed by atoms with E-state index in [1.807, 2.05) is 31.2 Å². The van der Waals surface area contributed by atoms with Crippen molar-refractivity contribution in [3.63, 3.8) is 0 Å². The lowest BCUT2D eigenvalue weighted by Gasteiger charge is -2.23. The van der Waals surface area contributed by atoms with Gasteiger partial charge in [-0.2, -0.15) is 0 Å². The van der Waals surface area contributed by atoms with E-state index in [9.17, 15) is 24.6 Å². The molecule has 4 rings (SSSR count). The highest BCUT2D eigenvalue weighted by Crippen LogP contribution is 2.44. The molecule has 1 saturated heterocycles. The van der Waals surface area contributed by atoms with Crippen molar-refractivity contribution in [1.29, 1.82) is 0 Å². The molecule has 1 heterocycles. The molecular formula is C26H30N2O6. The normalized spacial score (nSPS) is 19.9. The summed E-state index contributed by atoms with van der Waals surface area (Å²) in [4.78, 5) is 37.7. The van der Waals surface area contributed by atoms with Crippen LogP contribution in [0.3, 0.4) is 0 Å². The number of carbonyl (C=O) groups is 3. The zero-order chi connectivity index (χ0) is 24.2. The number of alkyl carbamates (subject to hydrolysis) is 1. The van der Waals surface area contributed by atoms with Gasteiger partial charge in [-0.15, -0.1) is 0 Å². The summed E-state index contributed by atoms with van der Waals surface area (Å²) in [5.41, 5.74) is 4.58. The van der Waals surface area contributed by atoms with Crippen molar-refractivity contribution in [2.24, 2.45) is 0 Å². The monoisotopic (exact) mass is 466 g/mol. The van der Waals surface area contributed by atoms with E-state index in [0.717, 1.165) is 22.3 Å². The summed E-state index contributed by atoms with van der Waals surface area (Å²) in [5.74, 6) is -1.49. The van der Waals surface area contributed by atoms with Crippen LogP contribution in [0.4, 0.5) is 4.79 Å². The molecule has 2 aromatic carbocycles. The molecule has 0 spiro atoms. The highest BCUT2D eigenvalue weighted by molar-refractivity contribution is 5.84. The van der Waals surface area contributed by atoms with E-state index >= 15 is 0 Å².